The van der Waals surface area contributed by atoms with Crippen LogP contribution in [0.5, 0.6) is 0 Å². The van der Waals surface area contributed by atoms with Crippen molar-refractivity contribution in [1.29, 1.82) is 0 Å². The topological polar surface area (TPSA) is 86.8 Å². The SMILES string of the molecule is O=C(NCC(=O)N1CC[C@H](N2C(=O)CSC2=O)C1)c1ccccc1. The van der Waals surface area contributed by atoms with E-state index in [1.165, 1.54) is 4.90 Å². The molecule has 2 aliphatic rings. The first-order chi connectivity index (χ1) is 11.6. The van der Waals surface area contributed by atoms with Gasteiger partial charge in [-0.05, 0) is 18.6 Å². The van der Waals surface area contributed by atoms with Gasteiger partial charge in [-0.1, -0.05) is 30.0 Å². The molecule has 2 aliphatic heterocycles. The van der Waals surface area contributed by atoms with Gasteiger partial charge in [0.05, 0.1) is 18.3 Å². The number of nitrogens with one attached hydrogen (secondary N) is 1. The molecular formula is C16H17N3O4S. The van der Waals surface area contributed by atoms with Crippen molar-refractivity contribution in [2.45, 2.75) is 12.5 Å². The number of hydrogen-bond donors (Lipinski definition) is 1. The van der Waals surface area contributed by atoms with Gasteiger partial charge in [-0.15, -0.1) is 0 Å². The highest BCUT2D eigenvalue weighted by atomic mass is 32.2. The van der Waals surface area contributed by atoms with Crippen LogP contribution in [0.25, 0.3) is 0 Å². The van der Waals surface area contributed by atoms with Crippen LogP contribution in [0.3, 0.4) is 0 Å². The molecule has 0 bridgehead atoms. The van der Waals surface area contributed by atoms with Gasteiger partial charge in [-0.25, -0.2) is 0 Å². The van der Waals surface area contributed by atoms with Crippen LogP contribution in [0.4, 0.5) is 4.79 Å². The lowest BCUT2D eigenvalue weighted by atomic mass is 10.2. The van der Waals surface area contributed by atoms with Crippen molar-refractivity contribution in [3.05, 3.63) is 35.9 Å². The number of carbonyl (C=O) groups is 4. The zero-order valence-electron chi connectivity index (χ0n) is 12.9. The van der Waals surface area contributed by atoms with Crippen molar-refractivity contribution in [3.63, 3.8) is 0 Å². The molecule has 0 saturated carbocycles. The maximum atomic E-state index is 12.2. The van der Waals surface area contributed by atoms with E-state index in [9.17, 15) is 19.2 Å². The summed E-state index contributed by atoms with van der Waals surface area (Å²) in [6, 6.07) is 8.41. The van der Waals surface area contributed by atoms with Gasteiger partial charge in [0.25, 0.3) is 11.1 Å². The standard InChI is InChI=1S/C16H17N3O4S/c20-13(8-17-15(22)11-4-2-1-3-5-11)18-7-6-12(9-18)19-14(21)10-24-16(19)23/h1-5,12H,6-10H2,(H,17,22)/t12-/m0/s1. The van der Waals surface area contributed by atoms with Crippen LogP contribution in [0.2, 0.25) is 0 Å². The van der Waals surface area contributed by atoms with E-state index in [4.69, 9.17) is 0 Å². The van der Waals surface area contributed by atoms with Crippen LogP contribution in [-0.4, -0.2) is 64.2 Å². The number of nitrogens with zero attached hydrogens (tertiary/aromatic N) is 2. The first-order valence-corrected chi connectivity index (χ1v) is 8.64. The van der Waals surface area contributed by atoms with Gasteiger partial charge in [-0.3, -0.25) is 24.1 Å². The fraction of sp³-hybridized carbons (Fsp3) is 0.375. The van der Waals surface area contributed by atoms with Gasteiger partial charge in [0.1, 0.15) is 0 Å². The van der Waals surface area contributed by atoms with Crippen LogP contribution in [0.15, 0.2) is 30.3 Å². The van der Waals surface area contributed by atoms with E-state index >= 15 is 0 Å². The van der Waals surface area contributed by atoms with E-state index in [1.54, 1.807) is 29.2 Å². The van der Waals surface area contributed by atoms with Crippen LogP contribution >= 0.6 is 11.8 Å². The lowest BCUT2D eigenvalue weighted by Crippen LogP contribution is -2.43. The van der Waals surface area contributed by atoms with Crippen molar-refractivity contribution in [1.82, 2.24) is 15.1 Å². The van der Waals surface area contributed by atoms with Crippen molar-refractivity contribution in [3.8, 4) is 0 Å². The molecule has 24 heavy (non-hydrogen) atoms. The number of likely N-dealkylation sites (tertiary alicyclic amines) is 1. The lowest BCUT2D eigenvalue weighted by molar-refractivity contribution is -0.130. The second-order valence-electron chi connectivity index (χ2n) is 5.65. The Morgan fingerprint density at radius 1 is 1.21 bits per heavy atom. The summed E-state index contributed by atoms with van der Waals surface area (Å²) in [4.78, 5) is 50.5. The molecule has 2 saturated heterocycles. The normalized spacial score (nSPS) is 20.6. The molecule has 0 spiro atoms. The minimum absolute atomic E-state index is 0.100. The molecular weight excluding hydrogens is 330 g/mol. The number of amides is 4. The van der Waals surface area contributed by atoms with Crippen molar-refractivity contribution < 1.29 is 19.2 Å². The molecule has 0 aliphatic carbocycles. The molecule has 0 radical (unpaired) electrons. The van der Waals surface area contributed by atoms with Gasteiger partial charge in [0.2, 0.25) is 11.8 Å². The second kappa shape index (κ2) is 7.04. The zero-order valence-corrected chi connectivity index (χ0v) is 13.8. The van der Waals surface area contributed by atoms with E-state index in [-0.39, 0.29) is 41.3 Å². The molecule has 8 heteroatoms. The number of thioether (sulfide) groups is 1. The first-order valence-electron chi connectivity index (χ1n) is 7.66. The third kappa shape index (κ3) is 3.43. The Hall–Kier alpha value is -2.35. The highest BCUT2D eigenvalue weighted by Gasteiger charge is 2.40. The first kappa shape index (κ1) is 16.5. The van der Waals surface area contributed by atoms with Crippen LogP contribution < -0.4 is 5.32 Å². The minimum atomic E-state index is -0.305. The Balaban J connectivity index is 1.51. The molecule has 4 amide bonds. The third-order valence-electron chi connectivity index (χ3n) is 4.10. The predicted octanol–water partition coefficient (Wildman–Crippen LogP) is 0.713. The fourth-order valence-corrected chi connectivity index (χ4v) is 3.63. The van der Waals surface area contributed by atoms with Gasteiger partial charge in [0.15, 0.2) is 0 Å². The predicted molar refractivity (Wildman–Crippen MR) is 88.5 cm³/mol. The quantitative estimate of drug-likeness (QED) is 0.867. The van der Waals surface area contributed by atoms with Crippen molar-refractivity contribution in [2.75, 3.05) is 25.4 Å². The summed E-state index contributed by atoms with van der Waals surface area (Å²) in [5.74, 6) is -0.535. The van der Waals surface area contributed by atoms with Crippen LogP contribution in [0, 0.1) is 0 Å². The summed E-state index contributed by atoms with van der Waals surface area (Å²) in [5, 5.41) is 2.36. The Kier molecular flexibility index (Phi) is 4.84. The molecule has 1 aromatic carbocycles. The monoisotopic (exact) mass is 347 g/mol. The molecule has 2 heterocycles. The molecule has 126 valence electrons. The summed E-state index contributed by atoms with van der Waals surface area (Å²) in [6.07, 6.45) is 0.580. The fourth-order valence-electron chi connectivity index (χ4n) is 2.86. The van der Waals surface area contributed by atoms with Gasteiger partial charge in [0, 0.05) is 18.7 Å². The number of hydrogen-bond acceptors (Lipinski definition) is 5. The Morgan fingerprint density at radius 3 is 2.62 bits per heavy atom. The average molecular weight is 347 g/mol. The summed E-state index contributed by atoms with van der Waals surface area (Å²) >= 11 is 0.999. The summed E-state index contributed by atoms with van der Waals surface area (Å²) in [5.41, 5.74) is 0.495. The maximum absolute atomic E-state index is 12.2. The van der Waals surface area contributed by atoms with Crippen molar-refractivity contribution in [2.24, 2.45) is 0 Å². The largest absolute Gasteiger partial charge is 0.343 e. The van der Waals surface area contributed by atoms with Gasteiger partial charge < -0.3 is 10.2 Å². The van der Waals surface area contributed by atoms with Gasteiger partial charge in [-0.2, -0.15) is 0 Å². The molecule has 1 atom stereocenters. The van der Waals surface area contributed by atoms with E-state index in [2.05, 4.69) is 5.32 Å². The highest BCUT2D eigenvalue weighted by Crippen LogP contribution is 2.26. The Bertz CT molecular complexity index is 663. The highest BCUT2D eigenvalue weighted by molar-refractivity contribution is 8.14. The number of benzene rings is 1. The maximum Gasteiger partial charge on any atom is 0.289 e. The molecule has 0 aromatic heterocycles. The molecule has 1 aromatic rings. The van der Waals surface area contributed by atoms with E-state index in [0.717, 1.165) is 11.8 Å². The number of carbonyl (C=O) groups excluding carboxylic acids is 4. The van der Waals surface area contributed by atoms with Gasteiger partial charge >= 0.3 is 0 Å². The zero-order chi connectivity index (χ0) is 17.1. The average Bonchev–Trinajstić information content (AvgIpc) is 3.20. The smallest absolute Gasteiger partial charge is 0.289 e. The number of rotatable bonds is 4. The minimum Gasteiger partial charge on any atom is -0.343 e. The number of imide groups is 1. The molecule has 1 N–H and O–H groups in total. The molecule has 3 rings (SSSR count). The molecule has 0 unspecified atom stereocenters. The second-order valence-corrected chi connectivity index (χ2v) is 6.58. The molecule has 7 nitrogen and oxygen atoms in total. The van der Waals surface area contributed by atoms with Crippen LogP contribution in [0.1, 0.15) is 16.8 Å². The molecule has 2 fully saturated rings. The summed E-state index contributed by atoms with van der Waals surface area (Å²) < 4.78 is 0. The van der Waals surface area contributed by atoms with E-state index < -0.39 is 0 Å². The summed E-state index contributed by atoms with van der Waals surface area (Å²) in [7, 11) is 0. The Labute approximate surface area is 143 Å². The third-order valence-corrected chi connectivity index (χ3v) is 4.94. The Morgan fingerprint density at radius 2 is 1.96 bits per heavy atom. The van der Waals surface area contributed by atoms with E-state index in [1.807, 2.05) is 6.07 Å². The summed E-state index contributed by atoms with van der Waals surface area (Å²) in [6.45, 7) is 0.710. The van der Waals surface area contributed by atoms with E-state index in [0.29, 0.717) is 25.1 Å². The lowest BCUT2D eigenvalue weighted by Gasteiger charge is -2.22. The van der Waals surface area contributed by atoms with Crippen molar-refractivity contribution >= 4 is 34.7 Å². The van der Waals surface area contributed by atoms with Crippen LogP contribution in [-0.2, 0) is 9.59 Å².